The third-order valence-corrected chi connectivity index (χ3v) is 8.30. The standard InChI is InChI=1S/C41H30N4/c1-5-16-30(17-6-1)32-20-15-23-34(28-32)44(33-21-9-3-10-22-33)39-29-40(43-41(42-39)31-18-7-2-8-19-31)45-37-26-12-4-11-24-35(37)36-25-13-14-27-38(36)45/h1-8,11-23,25-29H,9,24H2. The lowest BCUT2D eigenvalue weighted by molar-refractivity contribution is 0.984. The Morgan fingerprint density at radius 3 is 2.31 bits per heavy atom. The molecule has 2 heterocycles. The van der Waals surface area contributed by atoms with E-state index in [0.717, 1.165) is 58.2 Å². The first-order chi connectivity index (χ1) is 22.3. The summed E-state index contributed by atoms with van der Waals surface area (Å²) in [5.41, 5.74) is 12.2. The van der Waals surface area contributed by atoms with Crippen LogP contribution in [0, 0.1) is 0 Å². The molecule has 0 unspecified atom stereocenters. The number of allylic oxidation sites excluding steroid dienone is 5. The smallest absolute Gasteiger partial charge is 0.163 e. The molecule has 4 aromatic carbocycles. The Morgan fingerprint density at radius 2 is 1.49 bits per heavy atom. The highest BCUT2D eigenvalue weighted by Gasteiger charge is 2.23. The fraction of sp³-hybridized carbons (Fsp3) is 0.0488. The third kappa shape index (κ3) is 5.04. The lowest BCUT2D eigenvalue weighted by Gasteiger charge is -2.27. The molecule has 2 aliphatic rings. The first kappa shape index (κ1) is 26.7. The van der Waals surface area contributed by atoms with Crippen molar-refractivity contribution in [3.05, 3.63) is 174 Å². The highest BCUT2D eigenvalue weighted by atomic mass is 15.2. The zero-order valence-corrected chi connectivity index (χ0v) is 24.7. The highest BCUT2D eigenvalue weighted by Crippen LogP contribution is 2.37. The van der Waals surface area contributed by atoms with Crippen LogP contribution in [0.25, 0.3) is 45.3 Å². The van der Waals surface area contributed by atoms with E-state index in [-0.39, 0.29) is 0 Å². The van der Waals surface area contributed by atoms with Gasteiger partial charge in [0.25, 0.3) is 0 Å². The molecule has 0 spiro atoms. The van der Waals surface area contributed by atoms with E-state index in [0.29, 0.717) is 5.82 Å². The van der Waals surface area contributed by atoms with E-state index < -0.39 is 0 Å². The summed E-state index contributed by atoms with van der Waals surface area (Å²) in [5.74, 6) is 2.28. The van der Waals surface area contributed by atoms with Crippen molar-refractivity contribution in [2.75, 3.05) is 4.90 Å². The summed E-state index contributed by atoms with van der Waals surface area (Å²) in [6.45, 7) is 0. The van der Waals surface area contributed by atoms with Crippen molar-refractivity contribution in [3.63, 3.8) is 0 Å². The van der Waals surface area contributed by atoms with Crippen molar-refractivity contribution in [2.24, 2.45) is 0 Å². The Kier molecular flexibility index (Phi) is 6.88. The maximum absolute atomic E-state index is 5.25. The summed E-state index contributed by atoms with van der Waals surface area (Å²) >= 11 is 0. The van der Waals surface area contributed by atoms with Crippen LogP contribution in [0.3, 0.4) is 0 Å². The molecule has 214 valence electrons. The number of nitrogens with zero attached hydrogens (tertiary/aromatic N) is 4. The molecule has 0 N–H and O–H groups in total. The van der Waals surface area contributed by atoms with E-state index in [2.05, 4.69) is 137 Å². The van der Waals surface area contributed by atoms with Crippen LogP contribution < -0.4 is 4.90 Å². The molecular weight excluding hydrogens is 548 g/mol. The number of benzene rings is 4. The Balaban J connectivity index is 1.39. The van der Waals surface area contributed by atoms with Crippen molar-refractivity contribution >= 4 is 28.5 Å². The molecule has 0 radical (unpaired) electrons. The van der Waals surface area contributed by atoms with Crippen molar-refractivity contribution < 1.29 is 0 Å². The molecule has 0 bridgehead atoms. The summed E-state index contributed by atoms with van der Waals surface area (Å²) in [4.78, 5) is 12.7. The lowest BCUT2D eigenvalue weighted by atomic mass is 10.0. The predicted octanol–water partition coefficient (Wildman–Crippen LogP) is 10.0. The number of aromatic nitrogens is 3. The van der Waals surface area contributed by atoms with Gasteiger partial charge in [0.05, 0.1) is 16.9 Å². The minimum absolute atomic E-state index is 0.672. The molecule has 2 aliphatic carbocycles. The molecule has 6 aromatic rings. The number of hydrogen-bond donors (Lipinski definition) is 0. The molecule has 0 amide bonds. The quantitative estimate of drug-likeness (QED) is 0.184. The molecular formula is C41H30N4. The number of rotatable bonds is 6. The Hall–Kier alpha value is -5.96. The van der Waals surface area contributed by atoms with E-state index in [9.17, 15) is 0 Å². The van der Waals surface area contributed by atoms with Crippen molar-refractivity contribution in [3.8, 4) is 28.3 Å². The first-order valence-electron chi connectivity index (χ1n) is 15.3. The third-order valence-electron chi connectivity index (χ3n) is 8.30. The van der Waals surface area contributed by atoms with Crippen LogP contribution in [-0.4, -0.2) is 14.5 Å². The Bertz CT molecular complexity index is 2190. The van der Waals surface area contributed by atoms with Gasteiger partial charge >= 0.3 is 0 Å². The summed E-state index contributed by atoms with van der Waals surface area (Å²) in [6, 6.07) is 40.1. The molecule has 45 heavy (non-hydrogen) atoms. The molecule has 4 nitrogen and oxygen atoms in total. The molecule has 4 heteroatoms. The molecule has 0 fully saturated rings. The van der Waals surface area contributed by atoms with Gasteiger partial charge in [-0.3, -0.25) is 9.47 Å². The van der Waals surface area contributed by atoms with Gasteiger partial charge in [0, 0.05) is 28.8 Å². The number of anilines is 2. The van der Waals surface area contributed by atoms with Gasteiger partial charge in [-0.2, -0.15) is 0 Å². The minimum atomic E-state index is 0.672. The van der Waals surface area contributed by atoms with Gasteiger partial charge in [-0.05, 0) is 59.9 Å². The normalized spacial score (nSPS) is 13.5. The van der Waals surface area contributed by atoms with Crippen molar-refractivity contribution in [2.45, 2.75) is 12.8 Å². The van der Waals surface area contributed by atoms with Crippen LogP contribution >= 0.6 is 0 Å². The summed E-state index contributed by atoms with van der Waals surface area (Å²) < 4.78 is 2.29. The van der Waals surface area contributed by atoms with Crippen LogP contribution in [0.15, 0.2) is 163 Å². The van der Waals surface area contributed by atoms with Gasteiger partial charge in [-0.1, -0.05) is 115 Å². The summed E-state index contributed by atoms with van der Waals surface area (Å²) in [7, 11) is 0. The van der Waals surface area contributed by atoms with E-state index in [1.807, 2.05) is 36.4 Å². The second-order valence-corrected chi connectivity index (χ2v) is 11.1. The first-order valence-corrected chi connectivity index (χ1v) is 15.3. The fourth-order valence-corrected chi connectivity index (χ4v) is 6.22. The zero-order valence-electron chi connectivity index (χ0n) is 24.7. The van der Waals surface area contributed by atoms with E-state index in [1.165, 1.54) is 16.5 Å². The average molecular weight is 579 g/mol. The van der Waals surface area contributed by atoms with Crippen molar-refractivity contribution in [1.29, 1.82) is 0 Å². The van der Waals surface area contributed by atoms with Gasteiger partial charge in [0.1, 0.15) is 11.6 Å². The number of hydrogen-bond acceptors (Lipinski definition) is 3. The monoisotopic (exact) mass is 578 g/mol. The Morgan fingerprint density at radius 1 is 0.711 bits per heavy atom. The topological polar surface area (TPSA) is 34.0 Å². The molecule has 0 aliphatic heterocycles. The van der Waals surface area contributed by atoms with E-state index in [4.69, 9.17) is 9.97 Å². The van der Waals surface area contributed by atoms with E-state index in [1.54, 1.807) is 0 Å². The fourth-order valence-electron chi connectivity index (χ4n) is 6.22. The van der Waals surface area contributed by atoms with Crippen LogP contribution in [0.1, 0.15) is 17.7 Å². The van der Waals surface area contributed by atoms with Crippen LogP contribution in [0.5, 0.6) is 0 Å². The summed E-state index contributed by atoms with van der Waals surface area (Å²) in [6.07, 6.45) is 16.6. The van der Waals surface area contributed by atoms with Gasteiger partial charge in [-0.25, -0.2) is 9.97 Å². The van der Waals surface area contributed by atoms with Gasteiger partial charge in [0.2, 0.25) is 0 Å². The largest absolute Gasteiger partial charge is 0.295 e. The number of para-hydroxylation sites is 1. The lowest BCUT2D eigenvalue weighted by Crippen LogP contribution is -2.18. The molecule has 8 rings (SSSR count). The average Bonchev–Trinajstić information content (AvgIpc) is 3.23. The zero-order chi connectivity index (χ0) is 30.0. The minimum Gasteiger partial charge on any atom is -0.295 e. The predicted molar refractivity (Wildman–Crippen MR) is 186 cm³/mol. The molecule has 2 aromatic heterocycles. The number of fused-ring (bicyclic) bond motifs is 3. The SMILES string of the molecule is C1=CCC=C(N(c2cccc(-c3ccccc3)c2)c2cc(-n3c4c(c5ccccc53)CC=CC=C4)nc(-c3ccccc3)n2)C=1. The van der Waals surface area contributed by atoms with Crippen LogP contribution in [0.2, 0.25) is 0 Å². The van der Waals surface area contributed by atoms with Gasteiger partial charge in [0.15, 0.2) is 5.82 Å². The second kappa shape index (κ2) is 11.6. The van der Waals surface area contributed by atoms with Gasteiger partial charge in [-0.15, -0.1) is 5.73 Å². The molecule has 0 atom stereocenters. The maximum atomic E-state index is 5.25. The maximum Gasteiger partial charge on any atom is 0.163 e. The van der Waals surface area contributed by atoms with E-state index >= 15 is 0 Å². The summed E-state index contributed by atoms with van der Waals surface area (Å²) in [5, 5.41) is 1.24. The molecule has 0 saturated heterocycles. The van der Waals surface area contributed by atoms with Crippen LogP contribution in [0.4, 0.5) is 11.5 Å². The van der Waals surface area contributed by atoms with Crippen molar-refractivity contribution in [1.82, 2.24) is 14.5 Å². The van der Waals surface area contributed by atoms with Crippen LogP contribution in [-0.2, 0) is 6.42 Å². The second-order valence-electron chi connectivity index (χ2n) is 11.1. The Labute approximate surface area is 263 Å². The highest BCUT2D eigenvalue weighted by molar-refractivity contribution is 5.91. The molecule has 0 saturated carbocycles. The van der Waals surface area contributed by atoms with Gasteiger partial charge < -0.3 is 0 Å².